The molecule has 0 saturated carbocycles. The smallest absolute Gasteiger partial charge is 0.271 e. The van der Waals surface area contributed by atoms with Gasteiger partial charge in [-0.25, -0.2) is 0 Å². The van der Waals surface area contributed by atoms with Gasteiger partial charge >= 0.3 is 0 Å². The van der Waals surface area contributed by atoms with Gasteiger partial charge in [0.05, 0.1) is 10.9 Å². The second kappa shape index (κ2) is 7.15. The van der Waals surface area contributed by atoms with Crippen molar-refractivity contribution in [2.45, 2.75) is 25.8 Å². The second-order valence-electron chi connectivity index (χ2n) is 6.91. The average Bonchev–Trinajstić information content (AvgIpc) is 3.35. The number of thiophene rings is 1. The van der Waals surface area contributed by atoms with Crippen LogP contribution in [0.1, 0.15) is 44.6 Å². The van der Waals surface area contributed by atoms with E-state index in [9.17, 15) is 9.59 Å². The number of carbonyl (C=O) groups excluding carboxylic acids is 2. The Hall–Kier alpha value is -2.67. The molecular formula is C20H22N4O2S. The molecule has 7 heteroatoms. The first kappa shape index (κ1) is 17.7. The fraction of sp³-hybridized carbons (Fsp3) is 0.350. The molecule has 0 bridgehead atoms. The summed E-state index contributed by atoms with van der Waals surface area (Å²) >= 11 is 1.57. The first-order valence-corrected chi connectivity index (χ1v) is 9.94. The molecule has 1 unspecified atom stereocenters. The van der Waals surface area contributed by atoms with E-state index in [4.69, 9.17) is 0 Å². The number of nitrogens with zero attached hydrogens (tertiary/aromatic N) is 3. The molecule has 1 atom stereocenters. The van der Waals surface area contributed by atoms with E-state index in [0.29, 0.717) is 12.2 Å². The van der Waals surface area contributed by atoms with Crippen LogP contribution in [0, 0.1) is 6.92 Å². The highest BCUT2D eigenvalue weighted by molar-refractivity contribution is 7.21. The van der Waals surface area contributed by atoms with E-state index in [1.54, 1.807) is 24.5 Å². The number of hydrogen-bond donors (Lipinski definition) is 1. The first-order chi connectivity index (χ1) is 13.1. The Balaban J connectivity index is 1.53. The molecule has 0 radical (unpaired) electrons. The zero-order valence-corrected chi connectivity index (χ0v) is 16.3. The quantitative estimate of drug-likeness (QED) is 0.756. The maximum atomic E-state index is 13.1. The van der Waals surface area contributed by atoms with E-state index < -0.39 is 0 Å². The maximum absolute atomic E-state index is 13.1. The number of amides is 2. The van der Waals surface area contributed by atoms with Crippen LogP contribution in [-0.2, 0) is 0 Å². The van der Waals surface area contributed by atoms with Crippen LogP contribution in [0.15, 0.2) is 36.5 Å². The predicted octanol–water partition coefficient (Wildman–Crippen LogP) is 3.24. The second-order valence-corrected chi connectivity index (χ2v) is 7.96. The zero-order valence-electron chi connectivity index (χ0n) is 15.4. The van der Waals surface area contributed by atoms with Crippen LogP contribution < -0.4 is 5.32 Å². The Labute approximate surface area is 161 Å². The van der Waals surface area contributed by atoms with Crippen molar-refractivity contribution in [2.24, 2.45) is 0 Å². The Morgan fingerprint density at radius 1 is 1.30 bits per heavy atom. The summed E-state index contributed by atoms with van der Waals surface area (Å²) in [7, 11) is 1.59. The first-order valence-electron chi connectivity index (χ1n) is 9.12. The van der Waals surface area contributed by atoms with Crippen molar-refractivity contribution in [3.63, 3.8) is 0 Å². The van der Waals surface area contributed by atoms with E-state index in [1.807, 2.05) is 27.9 Å². The summed E-state index contributed by atoms with van der Waals surface area (Å²) in [6.07, 6.45) is 3.70. The lowest BCUT2D eigenvalue weighted by atomic mass is 10.1. The van der Waals surface area contributed by atoms with Gasteiger partial charge < -0.3 is 10.2 Å². The van der Waals surface area contributed by atoms with Crippen LogP contribution in [0.2, 0.25) is 0 Å². The lowest BCUT2D eigenvalue weighted by molar-refractivity contribution is 0.0676. The summed E-state index contributed by atoms with van der Waals surface area (Å²) in [6, 6.07) is 9.96. The summed E-state index contributed by atoms with van der Waals surface area (Å²) in [5, 5.41) is 8.10. The highest BCUT2D eigenvalue weighted by atomic mass is 32.1. The minimum atomic E-state index is -0.196. The number of aryl methyl sites for hydroxylation is 1. The number of aromatic nitrogens is 2. The number of piperidine rings is 1. The van der Waals surface area contributed by atoms with Gasteiger partial charge in [-0.05, 0) is 42.8 Å². The Morgan fingerprint density at radius 2 is 2.15 bits per heavy atom. The minimum absolute atomic E-state index is 0.0824. The van der Waals surface area contributed by atoms with Gasteiger partial charge in [0, 0.05) is 31.0 Å². The van der Waals surface area contributed by atoms with Gasteiger partial charge in [0.25, 0.3) is 11.8 Å². The molecule has 1 aromatic carbocycles. The van der Waals surface area contributed by atoms with Crippen molar-refractivity contribution in [3.05, 3.63) is 52.7 Å². The molecule has 4 rings (SSSR count). The van der Waals surface area contributed by atoms with E-state index in [-0.39, 0.29) is 17.9 Å². The number of fused-ring (bicyclic) bond motifs is 1. The minimum Gasteiger partial charge on any atom is -0.354 e. The molecular weight excluding hydrogens is 360 g/mol. The van der Waals surface area contributed by atoms with Gasteiger partial charge in [0.15, 0.2) is 0 Å². The van der Waals surface area contributed by atoms with E-state index in [0.717, 1.165) is 29.6 Å². The Bertz CT molecular complexity index is 1010. The molecule has 140 valence electrons. The van der Waals surface area contributed by atoms with Gasteiger partial charge in [-0.3, -0.25) is 14.3 Å². The van der Waals surface area contributed by atoms with Gasteiger partial charge in [-0.2, -0.15) is 5.10 Å². The van der Waals surface area contributed by atoms with Crippen molar-refractivity contribution >= 4 is 33.2 Å². The van der Waals surface area contributed by atoms with Crippen LogP contribution in [0.4, 0.5) is 0 Å². The van der Waals surface area contributed by atoms with Gasteiger partial charge in [-0.1, -0.05) is 18.2 Å². The Kier molecular flexibility index (Phi) is 4.70. The fourth-order valence-electron chi connectivity index (χ4n) is 3.62. The molecule has 1 aliphatic rings. The summed E-state index contributed by atoms with van der Waals surface area (Å²) < 4.78 is 3.00. The monoisotopic (exact) mass is 382 g/mol. The molecule has 27 heavy (non-hydrogen) atoms. The third-order valence-corrected chi connectivity index (χ3v) is 6.35. The lowest BCUT2D eigenvalue weighted by Crippen LogP contribution is -2.40. The summed E-state index contributed by atoms with van der Waals surface area (Å²) in [5.74, 6) is -0.114. The van der Waals surface area contributed by atoms with Crippen LogP contribution >= 0.6 is 11.3 Å². The molecule has 1 aliphatic heterocycles. The van der Waals surface area contributed by atoms with Gasteiger partial charge in [0.2, 0.25) is 0 Å². The van der Waals surface area contributed by atoms with Crippen molar-refractivity contribution in [1.29, 1.82) is 0 Å². The number of rotatable bonds is 3. The number of nitrogens with one attached hydrogen (secondary N) is 1. The van der Waals surface area contributed by atoms with Crippen molar-refractivity contribution in [2.75, 3.05) is 20.1 Å². The highest BCUT2D eigenvalue weighted by Gasteiger charge is 2.27. The van der Waals surface area contributed by atoms with E-state index in [1.165, 1.54) is 10.3 Å². The molecule has 2 amide bonds. The van der Waals surface area contributed by atoms with E-state index in [2.05, 4.69) is 29.5 Å². The fourth-order valence-corrected chi connectivity index (χ4v) is 4.71. The Morgan fingerprint density at radius 3 is 2.93 bits per heavy atom. The molecule has 3 heterocycles. The summed E-state index contributed by atoms with van der Waals surface area (Å²) in [5.41, 5.74) is 1.60. The summed E-state index contributed by atoms with van der Waals surface area (Å²) in [6.45, 7) is 3.44. The van der Waals surface area contributed by atoms with Gasteiger partial charge in [0.1, 0.15) is 5.69 Å². The van der Waals surface area contributed by atoms with Crippen LogP contribution in [0.5, 0.6) is 0 Å². The normalized spacial score (nSPS) is 17.3. The molecule has 1 N–H and O–H groups in total. The van der Waals surface area contributed by atoms with Gasteiger partial charge in [-0.15, -0.1) is 11.3 Å². The topological polar surface area (TPSA) is 67.2 Å². The molecule has 0 spiro atoms. The molecule has 3 aromatic rings. The third-order valence-electron chi connectivity index (χ3n) is 5.08. The average molecular weight is 382 g/mol. The zero-order chi connectivity index (χ0) is 19.0. The standard InChI is InChI=1S/C20H22N4O2S/c1-13-5-3-6-14-11-17(27-18(13)14)20(26)23-9-4-7-15(12-23)24-10-8-16(22-24)19(25)21-2/h3,5-6,8,10-11,15H,4,7,9,12H2,1-2H3,(H,21,25). The molecule has 1 saturated heterocycles. The number of carbonyl (C=O) groups is 2. The number of hydrogen-bond acceptors (Lipinski definition) is 4. The van der Waals surface area contributed by atoms with Crippen molar-refractivity contribution < 1.29 is 9.59 Å². The highest BCUT2D eigenvalue weighted by Crippen LogP contribution is 2.30. The van der Waals surface area contributed by atoms with Crippen molar-refractivity contribution in [3.8, 4) is 0 Å². The number of benzene rings is 1. The van der Waals surface area contributed by atoms with Crippen LogP contribution in [0.25, 0.3) is 10.1 Å². The van der Waals surface area contributed by atoms with Crippen LogP contribution in [0.3, 0.4) is 0 Å². The maximum Gasteiger partial charge on any atom is 0.271 e. The molecule has 0 aliphatic carbocycles. The molecule has 2 aromatic heterocycles. The van der Waals surface area contributed by atoms with E-state index >= 15 is 0 Å². The molecule has 6 nitrogen and oxygen atoms in total. The summed E-state index contributed by atoms with van der Waals surface area (Å²) in [4.78, 5) is 27.5. The third kappa shape index (κ3) is 3.35. The predicted molar refractivity (Wildman–Crippen MR) is 106 cm³/mol. The van der Waals surface area contributed by atoms with Crippen molar-refractivity contribution in [1.82, 2.24) is 20.0 Å². The van der Waals surface area contributed by atoms with Crippen LogP contribution in [-0.4, -0.2) is 46.6 Å². The number of likely N-dealkylation sites (tertiary alicyclic amines) is 1. The lowest BCUT2D eigenvalue weighted by Gasteiger charge is -2.32. The largest absolute Gasteiger partial charge is 0.354 e. The SMILES string of the molecule is CNC(=O)c1ccn(C2CCCN(C(=O)c3cc4cccc(C)c4s3)C2)n1. The molecule has 1 fully saturated rings.